The maximum atomic E-state index is 8.57. The molecule has 0 aromatic carbocycles. The maximum Gasteiger partial charge on any atom is 0.341 e. The van der Waals surface area contributed by atoms with Crippen LogP contribution in [-0.2, 0) is 14.2 Å². The van der Waals surface area contributed by atoms with Gasteiger partial charge in [-0.05, 0) is 38.1 Å². The first-order valence-electron chi connectivity index (χ1n) is 7.94. The highest BCUT2D eigenvalue weighted by Crippen LogP contribution is 2.38. The quantitative estimate of drug-likeness (QED) is 0.264. The van der Waals surface area contributed by atoms with E-state index in [1.54, 1.807) is 0 Å². The zero-order chi connectivity index (χ0) is 18.0. The van der Waals surface area contributed by atoms with Crippen molar-refractivity contribution in [1.29, 1.82) is 0 Å². The van der Waals surface area contributed by atoms with Crippen molar-refractivity contribution in [3.63, 3.8) is 0 Å². The summed E-state index contributed by atoms with van der Waals surface area (Å²) in [5.74, 6) is 0. The molecule has 23 heavy (non-hydrogen) atoms. The molecule has 8 heteroatoms. The predicted molar refractivity (Wildman–Crippen MR) is 99.9 cm³/mol. The van der Waals surface area contributed by atoms with E-state index in [1.165, 1.54) is 0 Å². The Bertz CT molecular complexity index is 310. The molecule has 0 amide bonds. The van der Waals surface area contributed by atoms with Crippen molar-refractivity contribution >= 4 is 39.2 Å². The Morgan fingerprint density at radius 3 is 1.91 bits per heavy atom. The molecule has 4 nitrogen and oxygen atoms in total. The van der Waals surface area contributed by atoms with Crippen LogP contribution in [0.4, 0.5) is 0 Å². The van der Waals surface area contributed by atoms with Crippen LogP contribution in [0.25, 0.3) is 0 Å². The van der Waals surface area contributed by atoms with Crippen LogP contribution >= 0.6 is 33.2 Å². The molecule has 0 saturated carbocycles. The van der Waals surface area contributed by atoms with Crippen LogP contribution in [0.3, 0.4) is 0 Å². The minimum absolute atomic E-state index is 0.0356. The van der Waals surface area contributed by atoms with E-state index in [1.807, 2.05) is 0 Å². The molecule has 0 atom stereocenters. The van der Waals surface area contributed by atoms with Gasteiger partial charge in [0.05, 0.1) is 45.2 Å². The second-order valence-corrected chi connectivity index (χ2v) is 16.3. The summed E-state index contributed by atoms with van der Waals surface area (Å²) in [6, 6.07) is -1.90. The lowest BCUT2D eigenvalue weighted by Crippen LogP contribution is -2.33. The van der Waals surface area contributed by atoms with E-state index in [2.05, 4.69) is 27.7 Å². The second-order valence-electron chi connectivity index (χ2n) is 7.01. The summed E-state index contributed by atoms with van der Waals surface area (Å²) < 4.78 is 16.5. The van der Waals surface area contributed by atoms with Gasteiger partial charge in [-0.25, -0.2) is 0 Å². The fourth-order valence-corrected chi connectivity index (χ4v) is 4.35. The van der Waals surface area contributed by atoms with Crippen molar-refractivity contribution in [2.45, 2.75) is 52.2 Å². The Labute approximate surface area is 155 Å². The molecule has 0 rings (SSSR count). The van der Waals surface area contributed by atoms with Crippen molar-refractivity contribution in [3.8, 4) is 0 Å². The van der Waals surface area contributed by atoms with Crippen molar-refractivity contribution in [3.05, 3.63) is 0 Å². The zero-order valence-electron chi connectivity index (χ0n) is 14.7. The van der Waals surface area contributed by atoms with Crippen molar-refractivity contribution < 1.29 is 19.3 Å². The summed E-state index contributed by atoms with van der Waals surface area (Å²) in [6.07, 6.45) is 1.76. The fourth-order valence-electron chi connectivity index (χ4n) is 2.54. The molecule has 0 heterocycles. The van der Waals surface area contributed by atoms with Crippen LogP contribution in [0.2, 0.25) is 6.04 Å². The van der Waals surface area contributed by atoms with E-state index < -0.39 is 6.00 Å². The number of ether oxygens (including phenoxy) is 3. The summed E-state index contributed by atoms with van der Waals surface area (Å²) in [5, 5.41) is 8.57. The largest absolute Gasteiger partial charge is 0.394 e. The lowest BCUT2D eigenvalue weighted by atomic mass is 9.79. The fraction of sp³-hybridized carbons (Fsp3) is 1.00. The van der Waals surface area contributed by atoms with Gasteiger partial charge in [-0.3, -0.25) is 0 Å². The summed E-state index contributed by atoms with van der Waals surface area (Å²) in [5.41, 5.74) is -0.200. The Balaban J connectivity index is 3.90. The predicted octanol–water partition coefficient (Wildman–Crippen LogP) is 4.27. The van der Waals surface area contributed by atoms with E-state index in [-0.39, 0.29) is 17.6 Å². The average molecular weight is 410 g/mol. The third-order valence-electron chi connectivity index (χ3n) is 3.32. The van der Waals surface area contributed by atoms with E-state index in [0.717, 1.165) is 12.8 Å². The smallest absolute Gasteiger partial charge is 0.341 e. The minimum atomic E-state index is -2.56. The molecular formula is C15H31Cl3O4Si. The molecule has 0 fully saturated rings. The van der Waals surface area contributed by atoms with E-state index in [9.17, 15) is 0 Å². The third kappa shape index (κ3) is 16.2. The van der Waals surface area contributed by atoms with Crippen LogP contribution in [0, 0.1) is 5.41 Å². The molecular weight excluding hydrogens is 379 g/mol. The van der Waals surface area contributed by atoms with Gasteiger partial charge in [0.1, 0.15) is 0 Å². The summed E-state index contributed by atoms with van der Waals surface area (Å²) in [7, 11) is 0. The first kappa shape index (κ1) is 23.9. The minimum Gasteiger partial charge on any atom is -0.394 e. The number of rotatable bonds is 14. The van der Waals surface area contributed by atoms with Crippen LogP contribution in [0.5, 0.6) is 0 Å². The number of aliphatic hydroxyl groups is 1. The van der Waals surface area contributed by atoms with Gasteiger partial charge >= 0.3 is 6.00 Å². The van der Waals surface area contributed by atoms with E-state index in [4.69, 9.17) is 52.6 Å². The lowest BCUT2D eigenvalue weighted by molar-refractivity contribution is -0.0717. The number of hydrogen-bond donors (Lipinski definition) is 1. The molecule has 0 aliphatic carbocycles. The number of hydrogen-bond acceptors (Lipinski definition) is 4. The molecule has 0 aromatic rings. The molecule has 0 unspecified atom stereocenters. The number of halogens is 3. The molecule has 0 radical (unpaired) electrons. The van der Waals surface area contributed by atoms with Crippen LogP contribution < -0.4 is 0 Å². The van der Waals surface area contributed by atoms with Crippen molar-refractivity contribution in [2.75, 3.05) is 39.6 Å². The maximum absolute atomic E-state index is 8.57. The van der Waals surface area contributed by atoms with Gasteiger partial charge in [0.25, 0.3) is 0 Å². The van der Waals surface area contributed by atoms with Crippen LogP contribution in [-0.4, -0.2) is 56.4 Å². The molecule has 0 aliphatic rings. The van der Waals surface area contributed by atoms with Gasteiger partial charge in [-0.1, -0.05) is 13.8 Å². The topological polar surface area (TPSA) is 47.9 Å². The highest BCUT2D eigenvalue weighted by Gasteiger charge is 2.33. The van der Waals surface area contributed by atoms with Gasteiger partial charge in [-0.2, -0.15) is 0 Å². The molecule has 0 bridgehead atoms. The summed E-state index contributed by atoms with van der Waals surface area (Å²) in [6.45, 7) is 10.9. The normalized spacial score (nSPS) is 13.6. The van der Waals surface area contributed by atoms with E-state index in [0.29, 0.717) is 39.1 Å². The molecule has 0 saturated heterocycles. The van der Waals surface area contributed by atoms with Crippen molar-refractivity contribution in [1.82, 2.24) is 0 Å². The first-order chi connectivity index (χ1) is 10.5. The zero-order valence-corrected chi connectivity index (χ0v) is 17.9. The summed E-state index contributed by atoms with van der Waals surface area (Å²) in [4.78, 5) is 0. The molecule has 140 valence electrons. The second kappa shape index (κ2) is 11.5. The SMILES string of the molecule is CC(C)(CC[Si](Cl)(Cl)Cl)CC(C)(C)OCCOCCOCCO. The first-order valence-corrected chi connectivity index (χ1v) is 13.2. The van der Waals surface area contributed by atoms with Gasteiger partial charge in [0, 0.05) is 0 Å². The molecule has 1 N–H and O–H groups in total. The Hall–Kier alpha value is 0.927. The van der Waals surface area contributed by atoms with Gasteiger partial charge in [0.15, 0.2) is 0 Å². The van der Waals surface area contributed by atoms with E-state index >= 15 is 0 Å². The lowest BCUT2D eigenvalue weighted by Gasteiger charge is -2.35. The summed E-state index contributed by atoms with van der Waals surface area (Å²) >= 11 is 17.9. The number of aliphatic hydroxyl groups excluding tert-OH is 1. The molecule has 0 spiro atoms. The van der Waals surface area contributed by atoms with Gasteiger partial charge < -0.3 is 19.3 Å². The average Bonchev–Trinajstić information content (AvgIpc) is 2.38. The highest BCUT2D eigenvalue weighted by molar-refractivity contribution is 7.64. The monoisotopic (exact) mass is 408 g/mol. The van der Waals surface area contributed by atoms with Gasteiger partial charge in [-0.15, -0.1) is 33.2 Å². The van der Waals surface area contributed by atoms with Crippen molar-refractivity contribution in [2.24, 2.45) is 5.41 Å². The Kier molecular flexibility index (Phi) is 12.0. The highest BCUT2D eigenvalue weighted by atomic mass is 35.8. The standard InChI is InChI=1S/C15H31Cl3O4Si/c1-14(2,5-12-23(16,17)18)13-15(3,4)22-11-10-21-9-8-20-7-6-19/h19H,5-13H2,1-4H3. The van der Waals surface area contributed by atoms with Crippen LogP contribution in [0.15, 0.2) is 0 Å². The molecule has 0 aromatic heterocycles. The Morgan fingerprint density at radius 2 is 1.39 bits per heavy atom. The Morgan fingerprint density at radius 1 is 0.870 bits per heavy atom. The van der Waals surface area contributed by atoms with Crippen LogP contribution in [0.1, 0.15) is 40.5 Å². The third-order valence-corrected chi connectivity index (χ3v) is 5.84. The molecule has 0 aliphatic heterocycles. The van der Waals surface area contributed by atoms with Gasteiger partial charge in [0.2, 0.25) is 0 Å².